The second-order valence-corrected chi connectivity index (χ2v) is 0.671. The Balaban J connectivity index is -0.0000000270. The third-order valence-electron chi connectivity index (χ3n) is 0. The molecule has 0 N–H and O–H groups in total. The molecule has 0 aliphatic rings. The average Bonchev–Trinajstić information content (AvgIpc) is 1.54. The van der Waals surface area contributed by atoms with Crippen LogP contribution in [0.3, 0.4) is 0 Å². The summed E-state index contributed by atoms with van der Waals surface area (Å²) in [4.78, 5) is 24.8. The van der Waals surface area contributed by atoms with E-state index in [4.69, 9.17) is 46.0 Å². The maximum atomic E-state index is 8.25. The van der Waals surface area contributed by atoms with Crippen molar-refractivity contribution < 1.29 is 80.7 Å². The molecule has 0 saturated heterocycles. The molecule has 0 rings (SSSR count). The Hall–Kier alpha value is -0.192. The van der Waals surface area contributed by atoms with Gasteiger partial charge in [-0.05, 0) is 0 Å². The molecule has 0 aromatic carbocycles. The molecular weight excluding hydrogens is 364 g/mol. The first-order valence-corrected chi connectivity index (χ1v) is 1.64. The zero-order valence-electron chi connectivity index (χ0n) is 6.17. The molecule has 0 spiro atoms. The van der Waals surface area contributed by atoms with Crippen LogP contribution in [0.25, 0.3) is 0 Å². The molecule has 0 unspecified atom stereocenters. The topological polar surface area (TPSA) is 199 Å². The van der Waals surface area contributed by atoms with Gasteiger partial charge in [-0.2, -0.15) is 0 Å². The van der Waals surface area contributed by atoms with Crippen LogP contribution in [-0.2, 0) is 65.4 Å². The average molecular weight is 364 g/mol. The predicted octanol–water partition coefficient (Wildman–Crippen LogP) is -0.722. The number of nitrogens with zero attached hydrogens (tertiary/aromatic N) is 3. The van der Waals surface area contributed by atoms with Crippen LogP contribution >= 0.6 is 0 Å². The Morgan fingerprint density at radius 3 is 0.500 bits per heavy atom. The van der Waals surface area contributed by atoms with E-state index >= 15 is 0 Å². The van der Waals surface area contributed by atoms with Gasteiger partial charge in [0.2, 0.25) is 0 Å². The van der Waals surface area contributed by atoms with E-state index < -0.39 is 15.3 Å². The second-order valence-electron chi connectivity index (χ2n) is 0.671. The summed E-state index contributed by atoms with van der Waals surface area (Å²) >= 11 is 0. The molecule has 0 aromatic heterocycles. The fraction of sp³-hybridized carbons (Fsp3) is 0. The first-order chi connectivity index (χ1) is 5.20. The summed E-state index contributed by atoms with van der Waals surface area (Å²) in [6.45, 7) is 0. The molecule has 14 heteroatoms. The normalized spacial score (nSPS) is 5.14. The summed E-state index contributed by atoms with van der Waals surface area (Å²) in [6.07, 6.45) is 0. The monoisotopic (exact) mass is 364 g/mol. The van der Waals surface area contributed by atoms with Gasteiger partial charge in [0.15, 0.2) is 0 Å². The number of hydrogen-bond acceptors (Lipinski definition) is 9. The minimum Gasteiger partial charge on any atom is -0.356 e. The van der Waals surface area contributed by atoms with E-state index in [0.717, 1.165) is 0 Å². The first kappa shape index (κ1) is 29.2. The summed E-state index contributed by atoms with van der Waals surface area (Å²) in [6, 6.07) is 0. The van der Waals surface area contributed by atoms with Gasteiger partial charge in [-0.15, -0.1) is 0 Å². The van der Waals surface area contributed by atoms with E-state index in [0.29, 0.717) is 0 Å². The summed E-state index contributed by atoms with van der Waals surface area (Å²) in [5, 5.41) is 44.2. The fourth-order valence-corrected chi connectivity index (χ4v) is 0. The minimum atomic E-state index is -1.75. The first-order valence-electron chi connectivity index (χ1n) is 1.64. The molecule has 14 heavy (non-hydrogen) atoms. The Labute approximate surface area is 125 Å². The van der Waals surface area contributed by atoms with E-state index in [1.54, 1.807) is 0 Å². The van der Waals surface area contributed by atoms with E-state index in [1.807, 2.05) is 0 Å². The SMILES string of the molecule is O=[N+]([O-])[O-].O=[N+]([O-])[O-].O=[N+]([O-])[O-].[Y+3].[Y+3]. The summed E-state index contributed by atoms with van der Waals surface area (Å²) in [5.74, 6) is 0. The second kappa shape index (κ2) is 23.0. The standard InChI is InChI=1S/3NO3.2Y/c3*2-1(3)4;;/q3*-1;2*+3. The van der Waals surface area contributed by atoms with Crippen LogP contribution in [0.15, 0.2) is 0 Å². The number of hydrogen-bond donors (Lipinski definition) is 0. The maximum absolute atomic E-state index is 8.25. The van der Waals surface area contributed by atoms with E-state index in [2.05, 4.69) is 0 Å². The minimum absolute atomic E-state index is 0. The number of rotatable bonds is 0. The van der Waals surface area contributed by atoms with Crippen LogP contribution in [-0.4, -0.2) is 15.3 Å². The zero-order valence-corrected chi connectivity index (χ0v) is 11.8. The molecule has 12 nitrogen and oxygen atoms in total. The van der Waals surface area contributed by atoms with Gasteiger partial charge >= 0.3 is 65.4 Å². The molecule has 0 aliphatic heterocycles. The van der Waals surface area contributed by atoms with Gasteiger partial charge in [-0.3, -0.25) is 0 Å². The van der Waals surface area contributed by atoms with Gasteiger partial charge in [-0.1, -0.05) is 0 Å². The Kier molecular flexibility index (Phi) is 48.0. The van der Waals surface area contributed by atoms with Crippen LogP contribution in [0.5, 0.6) is 0 Å². The van der Waals surface area contributed by atoms with Crippen molar-refractivity contribution in [3.63, 3.8) is 0 Å². The van der Waals surface area contributed by atoms with Gasteiger partial charge in [0.1, 0.15) is 0 Å². The molecule has 0 aliphatic carbocycles. The summed E-state index contributed by atoms with van der Waals surface area (Å²) in [7, 11) is 0. The maximum Gasteiger partial charge on any atom is 3.00 e. The molecule has 0 fully saturated rings. The molecule has 0 saturated carbocycles. The van der Waals surface area contributed by atoms with E-state index in [1.165, 1.54) is 0 Å². The molecule has 0 radical (unpaired) electrons. The Morgan fingerprint density at radius 1 is 0.500 bits per heavy atom. The summed E-state index contributed by atoms with van der Waals surface area (Å²) < 4.78 is 0. The molecule has 0 heterocycles. The van der Waals surface area contributed by atoms with Crippen LogP contribution in [0.1, 0.15) is 0 Å². The molecule has 72 valence electrons. The van der Waals surface area contributed by atoms with Crippen molar-refractivity contribution >= 4 is 0 Å². The van der Waals surface area contributed by atoms with E-state index in [9.17, 15) is 0 Å². The fourth-order valence-electron chi connectivity index (χ4n) is 0. The van der Waals surface area contributed by atoms with Crippen molar-refractivity contribution in [2.24, 2.45) is 0 Å². The molecular formula is N3O9Y2+3. The molecule has 0 amide bonds. The van der Waals surface area contributed by atoms with Crippen molar-refractivity contribution in [1.82, 2.24) is 0 Å². The molecule has 0 bridgehead atoms. The van der Waals surface area contributed by atoms with Gasteiger partial charge in [0, 0.05) is 0 Å². The largest absolute Gasteiger partial charge is 3.00 e. The van der Waals surface area contributed by atoms with Crippen molar-refractivity contribution in [2.45, 2.75) is 0 Å². The third-order valence-corrected chi connectivity index (χ3v) is 0. The van der Waals surface area contributed by atoms with Crippen molar-refractivity contribution in [3.8, 4) is 0 Å². The molecule has 0 aromatic rings. The van der Waals surface area contributed by atoms with Crippen molar-refractivity contribution in [1.29, 1.82) is 0 Å². The van der Waals surface area contributed by atoms with E-state index in [-0.39, 0.29) is 65.4 Å². The quantitative estimate of drug-likeness (QED) is 0.393. The Bertz CT molecular complexity index is 116. The van der Waals surface area contributed by atoms with Crippen LogP contribution < -0.4 is 0 Å². The smallest absolute Gasteiger partial charge is 0.356 e. The van der Waals surface area contributed by atoms with Gasteiger partial charge < -0.3 is 46.0 Å². The van der Waals surface area contributed by atoms with Gasteiger partial charge in [0.25, 0.3) is 0 Å². The van der Waals surface area contributed by atoms with Crippen molar-refractivity contribution in [2.75, 3.05) is 0 Å². The Morgan fingerprint density at radius 2 is 0.500 bits per heavy atom. The van der Waals surface area contributed by atoms with Gasteiger partial charge in [0.05, 0.1) is 15.3 Å². The predicted molar refractivity (Wildman–Crippen MR) is 31.1 cm³/mol. The molecule has 0 atom stereocenters. The van der Waals surface area contributed by atoms with Crippen LogP contribution in [0, 0.1) is 46.0 Å². The summed E-state index contributed by atoms with van der Waals surface area (Å²) in [5.41, 5.74) is 0. The van der Waals surface area contributed by atoms with Crippen molar-refractivity contribution in [3.05, 3.63) is 46.0 Å². The van der Waals surface area contributed by atoms with Crippen LogP contribution in [0.4, 0.5) is 0 Å². The van der Waals surface area contributed by atoms with Gasteiger partial charge in [-0.25, -0.2) is 0 Å². The zero-order chi connectivity index (χ0) is 10.7. The van der Waals surface area contributed by atoms with Crippen LogP contribution in [0.2, 0.25) is 0 Å². The third kappa shape index (κ3) is 37300.